The average molecular weight is 733 g/mol. The van der Waals surface area contributed by atoms with Crippen LogP contribution in [0.5, 0.6) is 0 Å². The minimum absolute atomic E-state index is 0.0557. The molecule has 16 nitrogen and oxygen atoms in total. The first-order chi connectivity index (χ1) is 24.4. The Kier molecular flexibility index (Phi) is 10.6. The highest BCUT2D eigenvalue weighted by Gasteiger charge is 2.76. The second-order valence-electron chi connectivity index (χ2n) is 14.3. The van der Waals surface area contributed by atoms with Crippen LogP contribution in [-0.4, -0.2) is 104 Å². The molecule has 1 unspecified atom stereocenters. The molecular weight excluding hydrogens is 691 g/mol. The monoisotopic (exact) mass is 732 g/mol. The Bertz CT molecular complexity index is 1700. The molecule has 3 saturated carbocycles. The van der Waals surface area contributed by atoms with Gasteiger partial charge in [-0.05, 0) is 81.2 Å². The summed E-state index contributed by atoms with van der Waals surface area (Å²) in [6.07, 6.45) is -0.112. The lowest BCUT2D eigenvalue weighted by Crippen LogP contribution is -2.69. The second-order valence-corrected chi connectivity index (χ2v) is 14.3. The third-order valence-corrected chi connectivity index (χ3v) is 11.6. The number of alkyl halides is 1. The molecule has 0 spiro atoms. The van der Waals surface area contributed by atoms with Crippen molar-refractivity contribution in [2.75, 3.05) is 19.8 Å². The first kappa shape index (κ1) is 38.5. The summed E-state index contributed by atoms with van der Waals surface area (Å²) in [4.78, 5) is 77.0. The molecule has 0 aliphatic heterocycles. The zero-order chi connectivity index (χ0) is 38.2. The highest BCUT2D eigenvalue weighted by molar-refractivity contribution is 6.01. The maximum absolute atomic E-state index is 17.3. The van der Waals surface area contributed by atoms with Crippen molar-refractivity contribution >= 4 is 29.6 Å². The molecule has 4 aliphatic carbocycles. The fraction of sp³-hybridized carbons (Fsp3) is 0.571. The second kappa shape index (κ2) is 14.4. The number of nitrogens with one attached hydrogen (secondary N) is 1. The lowest BCUT2D eigenvalue weighted by atomic mass is 9.44. The highest BCUT2D eigenvalue weighted by atomic mass is 19.1. The van der Waals surface area contributed by atoms with Gasteiger partial charge < -0.3 is 40.1 Å². The molecular formula is C35H41FN2O14. The number of carboxylic acid groups (broad SMARTS) is 1. The zero-order valence-corrected chi connectivity index (χ0v) is 28.5. The van der Waals surface area contributed by atoms with Crippen LogP contribution in [0, 0.1) is 32.8 Å². The van der Waals surface area contributed by atoms with Gasteiger partial charge in [-0.15, -0.1) is 10.1 Å². The van der Waals surface area contributed by atoms with Gasteiger partial charge in [-0.1, -0.05) is 30.7 Å². The molecule has 0 heterocycles. The number of aryl methyl sites for hydroxylation is 1. The summed E-state index contributed by atoms with van der Waals surface area (Å²) in [5.74, 6) is -5.66. The lowest BCUT2D eigenvalue weighted by Gasteiger charge is -2.62. The van der Waals surface area contributed by atoms with Gasteiger partial charge in [-0.25, -0.2) is 18.8 Å². The van der Waals surface area contributed by atoms with E-state index >= 15 is 4.39 Å². The molecule has 0 aromatic heterocycles. The van der Waals surface area contributed by atoms with Gasteiger partial charge in [0.25, 0.3) is 5.09 Å². The van der Waals surface area contributed by atoms with Crippen molar-refractivity contribution in [2.45, 2.75) is 81.9 Å². The van der Waals surface area contributed by atoms with E-state index < -0.39 is 101 Å². The fourth-order valence-corrected chi connectivity index (χ4v) is 8.79. The number of aliphatic hydroxyl groups is 3. The number of ketones is 2. The number of nitrogens with zero attached hydrogens (tertiary/aromatic N) is 1. The number of ether oxygens (including phenoxy) is 2. The number of carbonyl (C=O) groups is 5. The molecule has 0 saturated heterocycles. The van der Waals surface area contributed by atoms with Crippen molar-refractivity contribution in [1.29, 1.82) is 0 Å². The fourth-order valence-electron chi connectivity index (χ4n) is 8.79. The topological polar surface area (TPSA) is 249 Å². The van der Waals surface area contributed by atoms with Crippen molar-refractivity contribution in [1.82, 2.24) is 5.32 Å². The number of aliphatic carboxylic acids is 1. The predicted octanol–water partition coefficient (Wildman–Crippen LogP) is 1.81. The van der Waals surface area contributed by atoms with Crippen molar-refractivity contribution in [3.8, 4) is 0 Å². The minimum Gasteiger partial charge on any atom is -0.480 e. The van der Waals surface area contributed by atoms with E-state index in [4.69, 9.17) is 9.47 Å². The number of benzene rings is 1. The van der Waals surface area contributed by atoms with Gasteiger partial charge in [0, 0.05) is 16.7 Å². The SMILES string of the molecule is C[C@]12C=CC(=O)C=C1CC[C@H]1[C@@H]3C[C@@H](O)[C@](O)(C(=O)COC(=O)NC(COC(=O)c4ccc(CCCO[N+](=O)[O-])cc4)C(=O)O)[C@@]3(C)C[C@H](O)[C@@]12F. The normalized spacial score (nSPS) is 33.7. The van der Waals surface area contributed by atoms with Crippen molar-refractivity contribution < 1.29 is 68.2 Å². The van der Waals surface area contributed by atoms with Gasteiger partial charge in [0.05, 0.1) is 24.4 Å². The smallest absolute Gasteiger partial charge is 0.408 e. The molecule has 17 heteroatoms. The van der Waals surface area contributed by atoms with Gasteiger partial charge in [0.15, 0.2) is 29.7 Å². The van der Waals surface area contributed by atoms with Crippen molar-refractivity contribution in [2.24, 2.45) is 22.7 Å². The molecule has 4 aliphatic rings. The van der Waals surface area contributed by atoms with Crippen LogP contribution in [0.1, 0.15) is 61.9 Å². The molecule has 3 fully saturated rings. The number of hydrogen-bond donors (Lipinski definition) is 5. The van der Waals surface area contributed by atoms with Gasteiger partial charge in [0.1, 0.15) is 6.61 Å². The number of carboxylic acids is 1. The number of fused-ring (bicyclic) bond motifs is 5. The Labute approximate surface area is 296 Å². The number of hydrogen-bond acceptors (Lipinski definition) is 13. The zero-order valence-electron chi connectivity index (χ0n) is 28.5. The molecule has 5 N–H and O–H groups in total. The van der Waals surface area contributed by atoms with Gasteiger partial charge in [-0.2, -0.15) is 0 Å². The number of alkyl carbamates (subject to hydrolysis) is 1. The van der Waals surface area contributed by atoms with E-state index in [1.807, 2.05) is 5.32 Å². The standard InChI is InChI=1S/C35H41FN2O14/c1-32-12-11-22(39)14-21(32)9-10-23-24-15-26(40)35(47,33(24,2)16-27(41)34(23,32)36)28(42)18-51-31(46)37-25(29(43)44)17-50-30(45)20-7-5-19(6-8-20)4-3-13-52-38(48)49/h5-8,11-12,14,23-27,40-41,47H,3-4,9-10,13,15-18H2,1-2H3,(H,37,46)(H,43,44)/t23-,24-,25?,26+,27-,32-,33-,34-,35-/m0/s1. The third kappa shape index (κ3) is 6.56. The molecule has 1 amide bonds. The van der Waals surface area contributed by atoms with Crippen molar-refractivity contribution in [3.63, 3.8) is 0 Å². The molecule has 1 aromatic rings. The molecule has 1 aromatic carbocycles. The Morgan fingerprint density at radius 2 is 1.79 bits per heavy atom. The van der Waals surface area contributed by atoms with E-state index in [1.54, 1.807) is 19.1 Å². The van der Waals surface area contributed by atoms with Gasteiger partial charge in [-0.3, -0.25) is 9.59 Å². The number of carbonyl (C=O) groups excluding carboxylic acids is 4. The molecule has 282 valence electrons. The Morgan fingerprint density at radius 3 is 2.44 bits per heavy atom. The van der Waals surface area contributed by atoms with Crippen LogP contribution in [0.15, 0.2) is 48.1 Å². The van der Waals surface area contributed by atoms with Crippen LogP contribution in [0.25, 0.3) is 0 Å². The number of esters is 1. The first-order valence-electron chi connectivity index (χ1n) is 16.8. The van der Waals surface area contributed by atoms with E-state index in [0.29, 0.717) is 24.8 Å². The Balaban J connectivity index is 1.18. The summed E-state index contributed by atoms with van der Waals surface area (Å²) in [6.45, 7) is 1.02. The molecule has 52 heavy (non-hydrogen) atoms. The summed E-state index contributed by atoms with van der Waals surface area (Å²) >= 11 is 0. The minimum atomic E-state index is -2.57. The van der Waals surface area contributed by atoms with Gasteiger partial charge in [0.2, 0.25) is 5.78 Å². The first-order valence-corrected chi connectivity index (χ1v) is 16.8. The number of halogens is 1. The Hall–Kier alpha value is -4.74. The van der Waals surface area contributed by atoms with Crippen LogP contribution in [0.2, 0.25) is 0 Å². The number of amides is 1. The van der Waals surface area contributed by atoms with E-state index in [2.05, 4.69) is 4.84 Å². The maximum Gasteiger partial charge on any atom is 0.408 e. The molecule has 9 atom stereocenters. The number of allylic oxidation sites excluding steroid dienone is 4. The molecule has 0 radical (unpaired) electrons. The summed E-state index contributed by atoms with van der Waals surface area (Å²) < 4.78 is 27.3. The van der Waals surface area contributed by atoms with Crippen molar-refractivity contribution in [3.05, 3.63) is 69.3 Å². The van der Waals surface area contributed by atoms with Gasteiger partial charge >= 0.3 is 18.0 Å². The van der Waals surface area contributed by atoms with Crippen LogP contribution in [-0.2, 0) is 35.1 Å². The summed E-state index contributed by atoms with van der Waals surface area (Å²) in [6, 6.07) is 4.14. The van der Waals surface area contributed by atoms with E-state index in [9.17, 15) is 54.5 Å². The maximum atomic E-state index is 17.3. The summed E-state index contributed by atoms with van der Waals surface area (Å²) in [5, 5.41) is 55.3. The largest absolute Gasteiger partial charge is 0.480 e. The van der Waals surface area contributed by atoms with Crippen LogP contribution in [0.3, 0.4) is 0 Å². The number of rotatable bonds is 13. The number of Topliss-reactive ketones (excluding diaryl/α,β-unsaturated/α-hetero) is 1. The highest BCUT2D eigenvalue weighted by Crippen LogP contribution is 2.69. The third-order valence-electron chi connectivity index (χ3n) is 11.6. The lowest BCUT2D eigenvalue weighted by molar-refractivity contribution is -0.757. The van der Waals surface area contributed by atoms with E-state index in [-0.39, 0.29) is 30.8 Å². The van der Waals surface area contributed by atoms with Crippen LogP contribution in [0.4, 0.5) is 9.18 Å². The van der Waals surface area contributed by atoms with Crippen LogP contribution >= 0.6 is 0 Å². The summed E-state index contributed by atoms with van der Waals surface area (Å²) in [7, 11) is 0. The predicted molar refractivity (Wildman–Crippen MR) is 174 cm³/mol. The average Bonchev–Trinajstić information content (AvgIpc) is 3.29. The van der Waals surface area contributed by atoms with Crippen LogP contribution < -0.4 is 5.32 Å². The molecule has 5 rings (SSSR count). The summed E-state index contributed by atoms with van der Waals surface area (Å²) in [5.41, 5.74) is -6.41. The van der Waals surface area contributed by atoms with E-state index in [0.717, 1.165) is 5.56 Å². The van der Waals surface area contributed by atoms with E-state index in [1.165, 1.54) is 37.3 Å². The number of aliphatic hydroxyl groups excluding tert-OH is 2. The molecule has 0 bridgehead atoms. The quantitative estimate of drug-likeness (QED) is 0.0840. The Morgan fingerprint density at radius 1 is 1.10 bits per heavy atom.